The number of hydrogen-bond acceptors (Lipinski definition) is 5. The van der Waals surface area contributed by atoms with Crippen LogP contribution in [0.15, 0.2) is 22.1 Å². The third-order valence-corrected chi connectivity index (χ3v) is 3.25. The third-order valence-electron chi connectivity index (χ3n) is 2.42. The summed E-state index contributed by atoms with van der Waals surface area (Å²) in [5.41, 5.74) is 1.20. The van der Waals surface area contributed by atoms with E-state index in [9.17, 15) is 4.79 Å². The highest BCUT2D eigenvalue weighted by Crippen LogP contribution is 2.13. The molecule has 0 aromatic carbocycles. The molecule has 2 aromatic heterocycles. The summed E-state index contributed by atoms with van der Waals surface area (Å²) in [6.07, 6.45) is 1.26. The predicted molar refractivity (Wildman–Crippen MR) is 67.7 cm³/mol. The van der Waals surface area contributed by atoms with E-state index in [0.717, 1.165) is 10.7 Å². The van der Waals surface area contributed by atoms with E-state index in [2.05, 4.69) is 4.98 Å². The zero-order chi connectivity index (χ0) is 13.1. The molecule has 0 saturated carbocycles. The minimum atomic E-state index is -0.970. The van der Waals surface area contributed by atoms with Crippen LogP contribution >= 0.6 is 11.3 Å². The highest BCUT2D eigenvalue weighted by atomic mass is 32.1. The molecule has 1 N–H and O–H groups in total. The van der Waals surface area contributed by atoms with Crippen molar-refractivity contribution in [2.45, 2.75) is 20.0 Å². The minimum absolute atomic E-state index is 0.183. The second kappa shape index (κ2) is 5.32. The van der Waals surface area contributed by atoms with Crippen LogP contribution in [0.25, 0.3) is 0 Å². The second-order valence-corrected chi connectivity index (χ2v) is 5.20. The lowest BCUT2D eigenvalue weighted by molar-refractivity contribution is 0.0696. The normalized spacial score (nSPS) is 11.1. The Kier molecular flexibility index (Phi) is 3.78. The van der Waals surface area contributed by atoms with Crippen LogP contribution in [0.1, 0.15) is 26.8 Å². The van der Waals surface area contributed by atoms with E-state index in [-0.39, 0.29) is 5.56 Å². The van der Waals surface area contributed by atoms with Crippen molar-refractivity contribution in [1.29, 1.82) is 0 Å². The zero-order valence-corrected chi connectivity index (χ0v) is 11.0. The summed E-state index contributed by atoms with van der Waals surface area (Å²) in [6, 6.07) is 1.55. The number of nitrogens with zero attached hydrogens (tertiary/aromatic N) is 2. The number of hydrogen-bond donors (Lipinski definition) is 1. The number of carbonyl (C=O) groups is 1. The highest BCUT2D eigenvalue weighted by molar-refractivity contribution is 7.09. The van der Waals surface area contributed by atoms with Crippen LogP contribution in [-0.4, -0.2) is 28.0 Å². The Morgan fingerprint density at radius 1 is 1.56 bits per heavy atom. The van der Waals surface area contributed by atoms with E-state index < -0.39 is 5.97 Å². The molecule has 0 aliphatic rings. The molecule has 0 atom stereocenters. The third kappa shape index (κ3) is 3.18. The molecule has 0 amide bonds. The predicted octanol–water partition coefficient (Wildman–Crippen LogP) is 2.37. The first-order chi connectivity index (χ1) is 8.54. The summed E-state index contributed by atoms with van der Waals surface area (Å²) in [5, 5.41) is 11.9. The number of aryl methyl sites for hydroxylation is 1. The monoisotopic (exact) mass is 266 g/mol. The van der Waals surface area contributed by atoms with Gasteiger partial charge in [-0.25, -0.2) is 9.78 Å². The van der Waals surface area contributed by atoms with E-state index in [0.29, 0.717) is 18.8 Å². The summed E-state index contributed by atoms with van der Waals surface area (Å²) < 4.78 is 5.20. The van der Waals surface area contributed by atoms with Crippen molar-refractivity contribution in [3.8, 4) is 0 Å². The topological polar surface area (TPSA) is 66.6 Å². The maximum Gasteiger partial charge on any atom is 0.338 e. The molecule has 0 aliphatic carbocycles. The number of carboxylic acids is 1. The quantitative estimate of drug-likeness (QED) is 0.900. The average Bonchev–Trinajstić information content (AvgIpc) is 2.88. The van der Waals surface area contributed by atoms with E-state index in [1.165, 1.54) is 6.26 Å². The second-order valence-electron chi connectivity index (χ2n) is 4.14. The van der Waals surface area contributed by atoms with Gasteiger partial charge < -0.3 is 9.52 Å². The SMILES string of the molecule is Cc1nc(CN(C)Cc2cc(C(=O)O)co2)cs1. The van der Waals surface area contributed by atoms with Gasteiger partial charge in [-0.05, 0) is 20.0 Å². The van der Waals surface area contributed by atoms with Crippen LogP contribution in [0.4, 0.5) is 0 Å². The molecule has 0 spiro atoms. The lowest BCUT2D eigenvalue weighted by atomic mass is 10.3. The number of aromatic carboxylic acids is 1. The maximum absolute atomic E-state index is 10.7. The highest BCUT2D eigenvalue weighted by Gasteiger charge is 2.11. The van der Waals surface area contributed by atoms with Gasteiger partial charge in [0.2, 0.25) is 0 Å². The Balaban J connectivity index is 1.94. The number of aromatic nitrogens is 1. The molecule has 2 aromatic rings. The van der Waals surface area contributed by atoms with Gasteiger partial charge in [-0.3, -0.25) is 4.90 Å². The summed E-state index contributed by atoms with van der Waals surface area (Å²) in [4.78, 5) is 17.1. The van der Waals surface area contributed by atoms with Gasteiger partial charge in [-0.2, -0.15) is 0 Å². The van der Waals surface area contributed by atoms with Crippen LogP contribution in [0.5, 0.6) is 0 Å². The van der Waals surface area contributed by atoms with Crippen LogP contribution in [-0.2, 0) is 13.1 Å². The lowest BCUT2D eigenvalue weighted by Crippen LogP contribution is -2.17. The van der Waals surface area contributed by atoms with Crippen LogP contribution in [0.2, 0.25) is 0 Å². The van der Waals surface area contributed by atoms with Crippen molar-refractivity contribution in [3.63, 3.8) is 0 Å². The molecule has 0 saturated heterocycles. The molecular formula is C12H14N2O3S. The van der Waals surface area contributed by atoms with E-state index in [4.69, 9.17) is 9.52 Å². The fraction of sp³-hybridized carbons (Fsp3) is 0.333. The number of thiazole rings is 1. The van der Waals surface area contributed by atoms with E-state index in [1.807, 2.05) is 24.3 Å². The maximum atomic E-state index is 10.7. The van der Waals surface area contributed by atoms with Gasteiger partial charge in [0, 0.05) is 11.9 Å². The molecule has 18 heavy (non-hydrogen) atoms. The van der Waals surface area contributed by atoms with Gasteiger partial charge in [-0.1, -0.05) is 0 Å². The molecule has 0 fully saturated rings. The molecular weight excluding hydrogens is 252 g/mol. The molecule has 0 radical (unpaired) electrons. The zero-order valence-electron chi connectivity index (χ0n) is 10.2. The number of carboxylic acid groups (broad SMARTS) is 1. The first-order valence-electron chi connectivity index (χ1n) is 5.45. The smallest absolute Gasteiger partial charge is 0.338 e. The van der Waals surface area contributed by atoms with Crippen LogP contribution in [0.3, 0.4) is 0 Å². The first-order valence-corrected chi connectivity index (χ1v) is 6.33. The largest absolute Gasteiger partial charge is 0.478 e. The molecule has 5 nitrogen and oxygen atoms in total. The van der Waals surface area contributed by atoms with E-state index >= 15 is 0 Å². The summed E-state index contributed by atoms with van der Waals surface area (Å²) in [7, 11) is 1.94. The average molecular weight is 266 g/mol. The number of furan rings is 1. The molecule has 0 unspecified atom stereocenters. The lowest BCUT2D eigenvalue weighted by Gasteiger charge is -2.12. The summed E-state index contributed by atoms with van der Waals surface area (Å²) in [5.74, 6) is -0.329. The van der Waals surface area contributed by atoms with Crippen LogP contribution in [0, 0.1) is 6.92 Å². The molecule has 2 heterocycles. The summed E-state index contributed by atoms with van der Waals surface area (Å²) in [6.45, 7) is 3.25. The van der Waals surface area contributed by atoms with Gasteiger partial charge in [0.1, 0.15) is 12.0 Å². The van der Waals surface area contributed by atoms with Gasteiger partial charge >= 0.3 is 5.97 Å². The van der Waals surface area contributed by atoms with Crippen molar-refractivity contribution in [3.05, 3.63) is 39.7 Å². The molecule has 6 heteroatoms. The molecule has 0 aliphatic heterocycles. The Hall–Kier alpha value is -1.66. The van der Waals surface area contributed by atoms with E-state index in [1.54, 1.807) is 17.4 Å². The summed E-state index contributed by atoms with van der Waals surface area (Å²) >= 11 is 1.62. The van der Waals surface area contributed by atoms with Crippen molar-refractivity contribution in [1.82, 2.24) is 9.88 Å². The fourth-order valence-electron chi connectivity index (χ4n) is 1.66. The van der Waals surface area contributed by atoms with Gasteiger partial charge in [0.05, 0.1) is 22.8 Å². The van der Waals surface area contributed by atoms with Gasteiger partial charge in [0.15, 0.2) is 0 Å². The minimum Gasteiger partial charge on any atom is -0.478 e. The molecule has 2 rings (SSSR count). The van der Waals surface area contributed by atoms with Crippen LogP contribution < -0.4 is 0 Å². The molecule has 0 bridgehead atoms. The Labute approximate surface area is 109 Å². The van der Waals surface area contributed by atoms with Gasteiger partial charge in [0.25, 0.3) is 0 Å². The van der Waals surface area contributed by atoms with Crippen molar-refractivity contribution >= 4 is 17.3 Å². The first kappa shape index (κ1) is 12.8. The Bertz CT molecular complexity index is 547. The van der Waals surface area contributed by atoms with Gasteiger partial charge in [-0.15, -0.1) is 11.3 Å². The fourth-order valence-corrected chi connectivity index (χ4v) is 2.26. The van der Waals surface area contributed by atoms with Crippen molar-refractivity contribution in [2.24, 2.45) is 0 Å². The van der Waals surface area contributed by atoms with Crippen molar-refractivity contribution in [2.75, 3.05) is 7.05 Å². The Morgan fingerprint density at radius 2 is 2.33 bits per heavy atom. The standard InChI is InChI=1S/C12H14N2O3S/c1-8-13-10(7-18-8)4-14(2)5-11-3-9(6-17-11)12(15)16/h3,6-7H,4-5H2,1-2H3,(H,15,16). The molecule has 96 valence electrons. The number of rotatable bonds is 5. The Morgan fingerprint density at radius 3 is 2.89 bits per heavy atom. The van der Waals surface area contributed by atoms with Crippen molar-refractivity contribution < 1.29 is 14.3 Å².